The highest BCUT2D eigenvalue weighted by Gasteiger charge is 2.42. The van der Waals surface area contributed by atoms with E-state index in [2.05, 4.69) is 13.0 Å². The standard InChI is InChI=1S/C25H40O7/c1-6-15(2)25(29)32-22-13-19(27)11-17-8-7-16(3)21(24(17)22)10-9-18(26)12-20(30-4)14-23(28)31-5/h7-8,11,15-16,18-22,24,26-27H,6,9-10,12-14H2,1-5H3/t15-,16-,18+,19+,20+,21-,22-,24-/m0/s1. The first-order chi connectivity index (χ1) is 15.2. The molecule has 2 rings (SSSR count). The predicted octanol–water partition coefficient (Wildman–Crippen LogP) is 3.18. The molecular formula is C25H40O7. The van der Waals surface area contributed by atoms with Gasteiger partial charge in [-0.25, -0.2) is 0 Å². The van der Waals surface area contributed by atoms with Gasteiger partial charge in [-0.15, -0.1) is 0 Å². The summed E-state index contributed by atoms with van der Waals surface area (Å²) in [6, 6.07) is 0. The Hall–Kier alpha value is -1.70. The Balaban J connectivity index is 2.08. The number of methoxy groups -OCH3 is 2. The second-order valence-corrected chi connectivity index (χ2v) is 9.27. The lowest BCUT2D eigenvalue weighted by atomic mass is 9.66. The normalized spacial score (nSPS) is 30.0. The summed E-state index contributed by atoms with van der Waals surface area (Å²) >= 11 is 0. The maximum atomic E-state index is 12.5. The van der Waals surface area contributed by atoms with Gasteiger partial charge in [0.15, 0.2) is 0 Å². The van der Waals surface area contributed by atoms with Crippen LogP contribution in [0, 0.1) is 23.7 Å². The molecule has 0 spiro atoms. The van der Waals surface area contributed by atoms with E-state index >= 15 is 0 Å². The van der Waals surface area contributed by atoms with Gasteiger partial charge >= 0.3 is 11.9 Å². The molecule has 0 saturated carbocycles. The first-order valence-corrected chi connectivity index (χ1v) is 11.8. The number of hydrogen-bond donors (Lipinski definition) is 2. The molecule has 2 aliphatic rings. The van der Waals surface area contributed by atoms with E-state index in [0.29, 0.717) is 25.7 Å². The SMILES string of the molecule is CC[C@H](C)C(=O)O[C@H]1C[C@H](O)C=C2C=C[C@H](C)[C@H](CC[C@@H](O)C[C@H](CC(=O)OC)OC)[C@H]21. The van der Waals surface area contributed by atoms with Gasteiger partial charge in [0.25, 0.3) is 0 Å². The number of rotatable bonds is 11. The van der Waals surface area contributed by atoms with Gasteiger partial charge in [-0.05, 0) is 36.7 Å². The third kappa shape index (κ3) is 7.15. The van der Waals surface area contributed by atoms with Crippen molar-refractivity contribution in [2.24, 2.45) is 23.7 Å². The van der Waals surface area contributed by atoms with Crippen molar-refractivity contribution < 1.29 is 34.0 Å². The third-order valence-electron chi connectivity index (χ3n) is 6.98. The smallest absolute Gasteiger partial charge is 0.308 e. The summed E-state index contributed by atoms with van der Waals surface area (Å²) < 4.78 is 15.9. The van der Waals surface area contributed by atoms with Crippen LogP contribution in [0.2, 0.25) is 0 Å². The monoisotopic (exact) mass is 452 g/mol. The van der Waals surface area contributed by atoms with Gasteiger partial charge in [0.2, 0.25) is 0 Å². The molecule has 8 atom stereocenters. The molecule has 0 aliphatic heterocycles. The van der Waals surface area contributed by atoms with Crippen LogP contribution < -0.4 is 0 Å². The molecule has 0 radical (unpaired) electrons. The highest BCUT2D eigenvalue weighted by molar-refractivity contribution is 5.72. The van der Waals surface area contributed by atoms with E-state index in [-0.39, 0.29) is 48.1 Å². The molecule has 0 amide bonds. The number of ether oxygens (including phenoxy) is 3. The minimum Gasteiger partial charge on any atom is -0.469 e. The lowest BCUT2D eigenvalue weighted by Gasteiger charge is -2.43. The highest BCUT2D eigenvalue weighted by atomic mass is 16.5. The number of aliphatic hydroxyl groups excluding tert-OH is 2. The molecule has 0 aromatic heterocycles. The lowest BCUT2D eigenvalue weighted by Crippen LogP contribution is -2.43. The topological polar surface area (TPSA) is 102 Å². The Morgan fingerprint density at radius 2 is 2.00 bits per heavy atom. The van der Waals surface area contributed by atoms with Crippen LogP contribution in [0.4, 0.5) is 0 Å². The van der Waals surface area contributed by atoms with Crippen LogP contribution in [0.25, 0.3) is 0 Å². The van der Waals surface area contributed by atoms with Gasteiger partial charge < -0.3 is 24.4 Å². The summed E-state index contributed by atoms with van der Waals surface area (Å²) in [5.74, 6) is -0.359. The van der Waals surface area contributed by atoms with Crippen molar-refractivity contribution in [3.05, 3.63) is 23.8 Å². The van der Waals surface area contributed by atoms with E-state index in [9.17, 15) is 19.8 Å². The molecular weight excluding hydrogens is 412 g/mol. The zero-order chi connectivity index (χ0) is 23.8. The fourth-order valence-corrected chi connectivity index (χ4v) is 4.76. The van der Waals surface area contributed by atoms with Crippen LogP contribution >= 0.6 is 0 Å². The van der Waals surface area contributed by atoms with E-state index in [1.165, 1.54) is 14.2 Å². The number of fused-ring (bicyclic) bond motifs is 1. The first kappa shape index (κ1) is 26.6. The Morgan fingerprint density at radius 3 is 2.62 bits per heavy atom. The molecule has 0 bridgehead atoms. The Morgan fingerprint density at radius 1 is 1.28 bits per heavy atom. The largest absolute Gasteiger partial charge is 0.469 e. The summed E-state index contributed by atoms with van der Waals surface area (Å²) in [6.45, 7) is 5.95. The average molecular weight is 453 g/mol. The quantitative estimate of drug-likeness (QED) is 0.464. The van der Waals surface area contributed by atoms with Crippen LogP contribution in [0.15, 0.2) is 23.8 Å². The van der Waals surface area contributed by atoms with Gasteiger partial charge in [0, 0.05) is 25.9 Å². The van der Waals surface area contributed by atoms with Gasteiger partial charge in [0.1, 0.15) is 6.10 Å². The second-order valence-electron chi connectivity index (χ2n) is 9.27. The molecule has 0 aromatic carbocycles. The van der Waals surface area contributed by atoms with Crippen molar-refractivity contribution in [1.82, 2.24) is 0 Å². The Kier molecular flexibility index (Phi) is 10.4. The van der Waals surface area contributed by atoms with E-state index in [1.807, 2.05) is 26.0 Å². The molecule has 182 valence electrons. The van der Waals surface area contributed by atoms with Crippen molar-refractivity contribution in [2.45, 2.75) is 83.7 Å². The minimum atomic E-state index is -0.638. The molecule has 0 heterocycles. The van der Waals surface area contributed by atoms with Crippen molar-refractivity contribution in [3.63, 3.8) is 0 Å². The Bertz CT molecular complexity index is 686. The van der Waals surface area contributed by atoms with Crippen LogP contribution in [-0.2, 0) is 23.8 Å². The molecule has 0 unspecified atom stereocenters. The molecule has 2 N–H and O–H groups in total. The molecule has 0 aromatic rings. The summed E-state index contributed by atoms with van der Waals surface area (Å²) in [6.07, 6.45) is 6.81. The van der Waals surface area contributed by atoms with Crippen molar-refractivity contribution in [2.75, 3.05) is 14.2 Å². The van der Waals surface area contributed by atoms with E-state index < -0.39 is 18.3 Å². The van der Waals surface area contributed by atoms with Gasteiger partial charge in [-0.2, -0.15) is 0 Å². The van der Waals surface area contributed by atoms with Crippen LogP contribution in [0.1, 0.15) is 59.3 Å². The summed E-state index contributed by atoms with van der Waals surface area (Å²) in [4.78, 5) is 24.0. The number of carbonyl (C=O) groups is 2. The molecule has 32 heavy (non-hydrogen) atoms. The molecule has 2 aliphatic carbocycles. The van der Waals surface area contributed by atoms with Crippen molar-refractivity contribution >= 4 is 11.9 Å². The highest BCUT2D eigenvalue weighted by Crippen LogP contribution is 2.44. The van der Waals surface area contributed by atoms with Crippen molar-refractivity contribution in [3.8, 4) is 0 Å². The van der Waals surface area contributed by atoms with E-state index in [0.717, 1.165) is 12.0 Å². The zero-order valence-corrected chi connectivity index (χ0v) is 20.0. The van der Waals surface area contributed by atoms with Gasteiger partial charge in [-0.1, -0.05) is 39.0 Å². The minimum absolute atomic E-state index is 0.00750. The van der Waals surface area contributed by atoms with Crippen LogP contribution in [-0.4, -0.2) is 60.8 Å². The second kappa shape index (κ2) is 12.5. The Labute approximate surface area is 191 Å². The van der Waals surface area contributed by atoms with Gasteiger partial charge in [-0.3, -0.25) is 9.59 Å². The fourth-order valence-electron chi connectivity index (χ4n) is 4.76. The maximum Gasteiger partial charge on any atom is 0.308 e. The summed E-state index contributed by atoms with van der Waals surface area (Å²) in [5, 5.41) is 20.9. The van der Waals surface area contributed by atoms with E-state index in [1.54, 1.807) is 0 Å². The first-order valence-electron chi connectivity index (χ1n) is 11.8. The predicted molar refractivity (Wildman–Crippen MR) is 121 cm³/mol. The number of carbonyl (C=O) groups excluding carboxylic acids is 2. The maximum absolute atomic E-state index is 12.5. The number of aliphatic hydroxyl groups is 2. The van der Waals surface area contributed by atoms with Crippen molar-refractivity contribution in [1.29, 1.82) is 0 Å². The van der Waals surface area contributed by atoms with Crippen LogP contribution in [0.5, 0.6) is 0 Å². The number of hydrogen-bond acceptors (Lipinski definition) is 7. The molecule has 0 saturated heterocycles. The number of allylic oxidation sites excluding steroid dienone is 2. The zero-order valence-electron chi connectivity index (χ0n) is 20.0. The third-order valence-corrected chi connectivity index (χ3v) is 6.98. The van der Waals surface area contributed by atoms with Gasteiger partial charge in [0.05, 0.1) is 37.8 Å². The molecule has 7 heteroatoms. The molecule has 7 nitrogen and oxygen atoms in total. The molecule has 0 fully saturated rings. The van der Waals surface area contributed by atoms with E-state index in [4.69, 9.17) is 14.2 Å². The van der Waals surface area contributed by atoms with Crippen LogP contribution in [0.3, 0.4) is 0 Å². The number of esters is 2. The fraction of sp³-hybridized carbons (Fsp3) is 0.760. The summed E-state index contributed by atoms with van der Waals surface area (Å²) in [7, 11) is 2.86. The average Bonchev–Trinajstić information content (AvgIpc) is 2.77. The summed E-state index contributed by atoms with van der Waals surface area (Å²) in [5.41, 5.74) is 1.00. The lowest BCUT2D eigenvalue weighted by molar-refractivity contribution is -0.159.